The van der Waals surface area contributed by atoms with Crippen molar-refractivity contribution in [2.75, 3.05) is 0 Å². The molecule has 2 rings (SSSR count). The molecule has 106 valence electrons. The Morgan fingerprint density at radius 3 is 2.42 bits per heavy atom. The van der Waals surface area contributed by atoms with Crippen LogP contribution >= 0.6 is 0 Å². The largest absolute Gasteiger partial charge is 0.451 e. The molecule has 2 aliphatic carbocycles. The lowest BCUT2D eigenvalue weighted by Crippen LogP contribution is -2.54. The minimum Gasteiger partial charge on any atom is -0.451 e. The number of esters is 1. The molecule has 0 aromatic heterocycles. The number of allylic oxidation sites excluding steroid dienone is 1. The zero-order chi connectivity index (χ0) is 14.5. The number of hydrogen-bond acceptors (Lipinski definition) is 3. The average Bonchev–Trinajstić information content (AvgIpc) is 2.23. The summed E-state index contributed by atoms with van der Waals surface area (Å²) in [5.74, 6) is -0.313. The van der Waals surface area contributed by atoms with Gasteiger partial charge in [0.05, 0.1) is 5.41 Å². The molecule has 0 amide bonds. The summed E-state index contributed by atoms with van der Waals surface area (Å²) in [6.45, 7) is 9.54. The summed E-state index contributed by atoms with van der Waals surface area (Å²) in [5, 5.41) is 0. The molecule has 1 saturated carbocycles. The van der Waals surface area contributed by atoms with E-state index in [9.17, 15) is 9.59 Å². The van der Waals surface area contributed by atoms with E-state index in [2.05, 4.69) is 19.9 Å². The van der Waals surface area contributed by atoms with Gasteiger partial charge in [-0.2, -0.15) is 0 Å². The highest BCUT2D eigenvalue weighted by atomic mass is 16.6. The molecule has 3 heteroatoms. The molecule has 0 heterocycles. The highest BCUT2D eigenvalue weighted by Crippen LogP contribution is 2.55. The van der Waals surface area contributed by atoms with Crippen LogP contribution in [0.3, 0.4) is 0 Å². The Bertz CT molecular complexity index is 461. The molecule has 0 bridgehead atoms. The van der Waals surface area contributed by atoms with Crippen LogP contribution in [0, 0.1) is 10.8 Å². The van der Waals surface area contributed by atoms with E-state index in [1.165, 1.54) is 12.5 Å². The van der Waals surface area contributed by atoms with Gasteiger partial charge >= 0.3 is 5.97 Å². The highest BCUT2D eigenvalue weighted by Gasteiger charge is 2.55. The van der Waals surface area contributed by atoms with E-state index in [4.69, 9.17) is 4.74 Å². The Balaban J connectivity index is 2.45. The lowest BCUT2D eigenvalue weighted by atomic mass is 9.54. The van der Waals surface area contributed by atoms with Gasteiger partial charge in [-0.05, 0) is 32.1 Å². The fraction of sp³-hybridized carbons (Fsp3) is 0.750. The molecule has 0 spiro atoms. The van der Waals surface area contributed by atoms with Crippen molar-refractivity contribution in [1.29, 1.82) is 0 Å². The number of ketones is 1. The summed E-state index contributed by atoms with van der Waals surface area (Å²) >= 11 is 0. The molecule has 19 heavy (non-hydrogen) atoms. The summed E-state index contributed by atoms with van der Waals surface area (Å²) in [6.07, 6.45) is 5.66. The zero-order valence-electron chi connectivity index (χ0n) is 12.6. The molecule has 0 aromatic carbocycles. The van der Waals surface area contributed by atoms with Crippen molar-refractivity contribution in [3.63, 3.8) is 0 Å². The van der Waals surface area contributed by atoms with Gasteiger partial charge < -0.3 is 4.74 Å². The number of Topliss-reactive ketones (excluding diaryl/α,β-unsaturated/α-hetero) is 1. The van der Waals surface area contributed by atoms with Gasteiger partial charge in [-0.15, -0.1) is 0 Å². The zero-order valence-corrected chi connectivity index (χ0v) is 12.6. The van der Waals surface area contributed by atoms with Crippen LogP contribution in [0.2, 0.25) is 0 Å². The maximum atomic E-state index is 12.9. The Kier molecular flexibility index (Phi) is 3.15. The molecule has 2 aliphatic rings. The van der Waals surface area contributed by atoms with E-state index in [1.807, 2.05) is 6.92 Å². The third-order valence-corrected chi connectivity index (χ3v) is 4.85. The molecule has 0 radical (unpaired) electrons. The van der Waals surface area contributed by atoms with Gasteiger partial charge in [0.25, 0.3) is 0 Å². The molecule has 2 atom stereocenters. The lowest BCUT2D eigenvalue weighted by Gasteiger charge is -2.50. The van der Waals surface area contributed by atoms with Gasteiger partial charge in [-0.1, -0.05) is 31.9 Å². The van der Waals surface area contributed by atoms with Crippen LogP contribution in [0.25, 0.3) is 0 Å². The van der Waals surface area contributed by atoms with Crippen LogP contribution in [0.5, 0.6) is 0 Å². The first kappa shape index (κ1) is 14.3. The quantitative estimate of drug-likeness (QED) is 0.538. The van der Waals surface area contributed by atoms with E-state index < -0.39 is 11.0 Å². The van der Waals surface area contributed by atoms with Gasteiger partial charge in [0.1, 0.15) is 0 Å². The predicted octanol–water partition coefficient (Wildman–Crippen LogP) is 3.42. The summed E-state index contributed by atoms with van der Waals surface area (Å²) in [5.41, 5.74) is -0.150. The van der Waals surface area contributed by atoms with Crippen molar-refractivity contribution >= 4 is 11.8 Å². The fourth-order valence-corrected chi connectivity index (χ4v) is 4.02. The molecular weight excluding hydrogens is 240 g/mol. The molecule has 1 fully saturated rings. The standard InChI is InChI=1S/C16H24O3/c1-11(17)19-16(5)10-7-12-14(2,3)8-6-9-15(12,4)13(16)18/h7H,6,8-10H2,1-5H3/t15-,16+/m0/s1. The summed E-state index contributed by atoms with van der Waals surface area (Å²) < 4.78 is 5.34. The third-order valence-electron chi connectivity index (χ3n) is 4.85. The van der Waals surface area contributed by atoms with Crippen molar-refractivity contribution in [2.45, 2.75) is 65.9 Å². The average molecular weight is 264 g/mol. The van der Waals surface area contributed by atoms with Crippen molar-refractivity contribution in [3.8, 4) is 0 Å². The second-order valence-corrected chi connectivity index (χ2v) is 7.05. The topological polar surface area (TPSA) is 43.4 Å². The maximum absolute atomic E-state index is 12.9. The van der Waals surface area contributed by atoms with Gasteiger partial charge in [0.2, 0.25) is 0 Å². The van der Waals surface area contributed by atoms with Gasteiger partial charge in [-0.3, -0.25) is 9.59 Å². The number of carbonyl (C=O) groups is 2. The van der Waals surface area contributed by atoms with Crippen molar-refractivity contribution in [2.24, 2.45) is 10.8 Å². The Labute approximate surface area is 115 Å². The monoisotopic (exact) mass is 264 g/mol. The maximum Gasteiger partial charge on any atom is 0.303 e. The van der Waals surface area contributed by atoms with Crippen LogP contribution in [0.15, 0.2) is 11.6 Å². The number of fused-ring (bicyclic) bond motifs is 1. The minimum absolute atomic E-state index is 0.0697. The molecule has 0 saturated heterocycles. The van der Waals surface area contributed by atoms with Gasteiger partial charge in [0, 0.05) is 13.3 Å². The first-order valence-electron chi connectivity index (χ1n) is 7.07. The number of hydrogen-bond donors (Lipinski definition) is 0. The SMILES string of the molecule is CC(=O)O[C@]1(C)CC=C2C(C)(C)CCC[C@]2(C)C1=O. The van der Waals surface area contributed by atoms with E-state index in [-0.39, 0.29) is 17.2 Å². The molecule has 3 nitrogen and oxygen atoms in total. The van der Waals surface area contributed by atoms with Crippen LogP contribution < -0.4 is 0 Å². The number of ether oxygens (including phenoxy) is 1. The molecular formula is C16H24O3. The summed E-state index contributed by atoms with van der Waals surface area (Å²) in [6, 6.07) is 0. The minimum atomic E-state index is -0.989. The predicted molar refractivity (Wildman–Crippen MR) is 73.6 cm³/mol. The van der Waals surface area contributed by atoms with Crippen molar-refractivity contribution in [3.05, 3.63) is 11.6 Å². The summed E-state index contributed by atoms with van der Waals surface area (Å²) in [4.78, 5) is 24.2. The molecule has 0 N–H and O–H groups in total. The van der Waals surface area contributed by atoms with Crippen LogP contribution in [-0.4, -0.2) is 17.4 Å². The Morgan fingerprint density at radius 2 is 1.84 bits per heavy atom. The molecule has 0 aromatic rings. The second kappa shape index (κ2) is 4.19. The Hall–Kier alpha value is -1.12. The third kappa shape index (κ3) is 2.13. The fourth-order valence-electron chi connectivity index (χ4n) is 4.02. The van der Waals surface area contributed by atoms with E-state index in [1.54, 1.807) is 6.92 Å². The number of carbonyl (C=O) groups excluding carboxylic acids is 2. The van der Waals surface area contributed by atoms with Crippen LogP contribution in [0.1, 0.15) is 60.3 Å². The summed E-state index contributed by atoms with van der Waals surface area (Å²) in [7, 11) is 0. The van der Waals surface area contributed by atoms with Gasteiger partial charge in [-0.25, -0.2) is 0 Å². The normalized spacial score (nSPS) is 37.3. The smallest absolute Gasteiger partial charge is 0.303 e. The highest BCUT2D eigenvalue weighted by molar-refractivity contribution is 5.97. The van der Waals surface area contributed by atoms with E-state index in [0.717, 1.165) is 19.3 Å². The second-order valence-electron chi connectivity index (χ2n) is 7.05. The van der Waals surface area contributed by atoms with Crippen LogP contribution in [0.4, 0.5) is 0 Å². The lowest BCUT2D eigenvalue weighted by molar-refractivity contribution is -0.169. The van der Waals surface area contributed by atoms with Crippen molar-refractivity contribution in [1.82, 2.24) is 0 Å². The Morgan fingerprint density at radius 1 is 1.21 bits per heavy atom. The first-order chi connectivity index (χ1) is 8.62. The molecule has 0 unspecified atom stereocenters. The van der Waals surface area contributed by atoms with Crippen molar-refractivity contribution < 1.29 is 14.3 Å². The number of rotatable bonds is 1. The van der Waals surface area contributed by atoms with E-state index >= 15 is 0 Å². The molecule has 0 aliphatic heterocycles. The van der Waals surface area contributed by atoms with E-state index in [0.29, 0.717) is 6.42 Å². The first-order valence-corrected chi connectivity index (χ1v) is 7.07. The van der Waals surface area contributed by atoms with Gasteiger partial charge in [0.15, 0.2) is 11.4 Å². The van der Waals surface area contributed by atoms with Crippen LogP contribution in [-0.2, 0) is 14.3 Å².